The first-order valence-corrected chi connectivity index (χ1v) is 10.6. The van der Waals surface area contributed by atoms with Gasteiger partial charge in [-0.05, 0) is 29.3 Å². The van der Waals surface area contributed by atoms with E-state index >= 15 is 0 Å². The molecule has 8 heteroatoms. The monoisotopic (exact) mass is 461 g/mol. The van der Waals surface area contributed by atoms with Gasteiger partial charge in [-0.2, -0.15) is 0 Å². The SMILES string of the molecule is O=C(O)CC1(C(=O)O)CC(c2ccc(OCc3ccccc3)c(OCc3ccccc3)c2)=NO1. The summed E-state index contributed by atoms with van der Waals surface area (Å²) in [5, 5.41) is 22.6. The normalized spacial score (nSPS) is 16.9. The maximum absolute atomic E-state index is 11.7. The van der Waals surface area contributed by atoms with Gasteiger partial charge in [0.1, 0.15) is 13.2 Å². The highest BCUT2D eigenvalue weighted by molar-refractivity contribution is 6.05. The molecule has 0 saturated heterocycles. The van der Waals surface area contributed by atoms with E-state index in [9.17, 15) is 14.7 Å². The standard InChI is InChI=1S/C26H23NO7/c28-24(29)15-26(25(30)31)14-21(27-34-26)20-11-12-22(32-16-18-7-3-1-4-8-18)23(13-20)33-17-19-9-5-2-6-10-19/h1-13H,14-17H2,(H,28,29)(H,30,31). The van der Waals surface area contributed by atoms with Crippen LogP contribution in [0.1, 0.15) is 29.5 Å². The number of aliphatic carboxylic acids is 2. The van der Waals surface area contributed by atoms with E-state index in [1.807, 2.05) is 60.7 Å². The lowest BCUT2D eigenvalue weighted by Gasteiger charge is -2.19. The first-order chi connectivity index (χ1) is 16.4. The summed E-state index contributed by atoms with van der Waals surface area (Å²) in [6.07, 6.45) is -0.887. The summed E-state index contributed by atoms with van der Waals surface area (Å²) < 4.78 is 12.0. The minimum atomic E-state index is -1.94. The van der Waals surface area contributed by atoms with Gasteiger partial charge in [-0.1, -0.05) is 65.8 Å². The fraction of sp³-hybridized carbons (Fsp3) is 0.192. The number of ether oxygens (including phenoxy) is 2. The van der Waals surface area contributed by atoms with Gasteiger partial charge in [0.15, 0.2) is 11.5 Å². The molecule has 174 valence electrons. The van der Waals surface area contributed by atoms with Gasteiger partial charge in [0.05, 0.1) is 12.1 Å². The van der Waals surface area contributed by atoms with Gasteiger partial charge in [0.25, 0.3) is 0 Å². The van der Waals surface area contributed by atoms with Crippen molar-refractivity contribution >= 4 is 17.7 Å². The Morgan fingerprint density at radius 3 is 2.00 bits per heavy atom. The van der Waals surface area contributed by atoms with Crippen LogP contribution in [0.25, 0.3) is 0 Å². The number of hydrogen-bond donors (Lipinski definition) is 2. The van der Waals surface area contributed by atoms with Crippen LogP contribution in [0, 0.1) is 0 Å². The van der Waals surface area contributed by atoms with Crippen LogP contribution in [0.4, 0.5) is 0 Å². The quantitative estimate of drug-likeness (QED) is 0.463. The molecule has 1 atom stereocenters. The van der Waals surface area contributed by atoms with E-state index in [1.165, 1.54) is 0 Å². The number of rotatable bonds is 10. The lowest BCUT2D eigenvalue weighted by atomic mass is 9.91. The van der Waals surface area contributed by atoms with E-state index < -0.39 is 24.0 Å². The van der Waals surface area contributed by atoms with Crippen molar-refractivity contribution in [1.29, 1.82) is 0 Å². The summed E-state index contributed by atoms with van der Waals surface area (Å²) in [5.41, 5.74) is 0.907. The molecule has 1 heterocycles. The Balaban J connectivity index is 1.57. The van der Waals surface area contributed by atoms with E-state index in [2.05, 4.69) is 5.16 Å². The van der Waals surface area contributed by atoms with Crippen molar-refractivity contribution < 1.29 is 34.1 Å². The number of oxime groups is 1. The second kappa shape index (κ2) is 10.1. The molecule has 0 fully saturated rings. The predicted octanol–water partition coefficient (Wildman–Crippen LogP) is 4.27. The zero-order valence-electron chi connectivity index (χ0n) is 18.2. The minimum absolute atomic E-state index is 0.184. The Morgan fingerprint density at radius 1 is 0.853 bits per heavy atom. The fourth-order valence-electron chi connectivity index (χ4n) is 3.55. The van der Waals surface area contributed by atoms with Crippen molar-refractivity contribution in [2.45, 2.75) is 31.7 Å². The van der Waals surface area contributed by atoms with Gasteiger partial charge in [0, 0.05) is 12.0 Å². The van der Waals surface area contributed by atoms with Crippen molar-refractivity contribution in [3.8, 4) is 11.5 Å². The second-order valence-electron chi connectivity index (χ2n) is 7.89. The molecule has 0 aromatic heterocycles. The number of carbonyl (C=O) groups is 2. The first-order valence-electron chi connectivity index (χ1n) is 10.6. The van der Waals surface area contributed by atoms with Gasteiger partial charge in [-0.3, -0.25) is 4.79 Å². The molecule has 0 radical (unpaired) electrons. The summed E-state index contributed by atoms with van der Waals surface area (Å²) in [7, 11) is 0. The second-order valence-corrected chi connectivity index (χ2v) is 7.89. The summed E-state index contributed by atoms with van der Waals surface area (Å²) in [6, 6.07) is 24.5. The van der Waals surface area contributed by atoms with Crippen molar-refractivity contribution in [1.82, 2.24) is 0 Å². The van der Waals surface area contributed by atoms with Crippen molar-refractivity contribution in [2.75, 3.05) is 0 Å². The smallest absolute Gasteiger partial charge is 0.351 e. The van der Waals surface area contributed by atoms with Crippen LogP contribution in [0.15, 0.2) is 84.0 Å². The summed E-state index contributed by atoms with van der Waals surface area (Å²) in [6.45, 7) is 0.639. The number of carboxylic acids is 2. The molecule has 0 spiro atoms. The van der Waals surface area contributed by atoms with Crippen LogP contribution >= 0.6 is 0 Å². The third-order valence-corrected chi connectivity index (χ3v) is 5.36. The molecule has 0 saturated carbocycles. The van der Waals surface area contributed by atoms with Crippen LogP contribution in [0.5, 0.6) is 11.5 Å². The Bertz CT molecular complexity index is 1190. The highest BCUT2D eigenvalue weighted by atomic mass is 16.7. The zero-order chi connectivity index (χ0) is 24.0. The van der Waals surface area contributed by atoms with E-state index in [-0.39, 0.29) is 6.42 Å². The van der Waals surface area contributed by atoms with Gasteiger partial charge >= 0.3 is 11.9 Å². The molecule has 1 unspecified atom stereocenters. The van der Waals surface area contributed by atoms with E-state index in [1.54, 1.807) is 18.2 Å². The number of benzene rings is 3. The van der Waals surface area contributed by atoms with E-state index in [0.717, 1.165) is 11.1 Å². The average Bonchev–Trinajstić information content (AvgIpc) is 3.28. The van der Waals surface area contributed by atoms with Gasteiger partial charge < -0.3 is 24.5 Å². The van der Waals surface area contributed by atoms with Crippen molar-refractivity contribution in [3.05, 3.63) is 95.6 Å². The Hall–Kier alpha value is -4.33. The Kier molecular flexibility index (Phi) is 6.77. The van der Waals surface area contributed by atoms with Crippen molar-refractivity contribution in [2.24, 2.45) is 5.16 Å². The number of nitrogens with zero attached hydrogens (tertiary/aromatic N) is 1. The van der Waals surface area contributed by atoms with Crippen LogP contribution < -0.4 is 9.47 Å². The molecule has 3 aromatic carbocycles. The molecule has 8 nitrogen and oxygen atoms in total. The van der Waals surface area contributed by atoms with Crippen molar-refractivity contribution in [3.63, 3.8) is 0 Å². The summed E-state index contributed by atoms with van der Waals surface area (Å²) in [5.74, 6) is -1.70. The lowest BCUT2D eigenvalue weighted by Crippen LogP contribution is -2.41. The molecule has 0 bridgehead atoms. The van der Waals surface area contributed by atoms with Crippen LogP contribution in [-0.4, -0.2) is 33.5 Å². The topological polar surface area (TPSA) is 115 Å². The predicted molar refractivity (Wildman–Crippen MR) is 123 cm³/mol. The third-order valence-electron chi connectivity index (χ3n) is 5.36. The maximum atomic E-state index is 11.7. The highest BCUT2D eigenvalue weighted by Gasteiger charge is 2.49. The molecule has 34 heavy (non-hydrogen) atoms. The zero-order valence-corrected chi connectivity index (χ0v) is 18.2. The Morgan fingerprint density at radius 2 is 1.44 bits per heavy atom. The summed E-state index contributed by atoms with van der Waals surface area (Å²) >= 11 is 0. The highest BCUT2D eigenvalue weighted by Crippen LogP contribution is 2.35. The maximum Gasteiger partial charge on any atom is 0.351 e. The number of carboxylic acid groups (broad SMARTS) is 2. The molecule has 1 aliphatic heterocycles. The molecule has 0 amide bonds. The molecule has 0 aliphatic carbocycles. The fourth-order valence-corrected chi connectivity index (χ4v) is 3.55. The molecule has 4 rings (SSSR count). The lowest BCUT2D eigenvalue weighted by molar-refractivity contribution is -0.169. The largest absolute Gasteiger partial charge is 0.485 e. The van der Waals surface area contributed by atoms with Gasteiger partial charge in [-0.15, -0.1) is 0 Å². The summed E-state index contributed by atoms with van der Waals surface area (Å²) in [4.78, 5) is 28.0. The van der Waals surface area contributed by atoms with Gasteiger partial charge in [-0.25, -0.2) is 4.79 Å². The molecule has 2 N–H and O–H groups in total. The first kappa shape index (κ1) is 22.8. The molecular formula is C26H23NO7. The van der Waals surface area contributed by atoms with Crippen LogP contribution in [-0.2, 0) is 27.6 Å². The molecule has 3 aromatic rings. The van der Waals surface area contributed by atoms with Crippen LogP contribution in [0.2, 0.25) is 0 Å². The molecule has 1 aliphatic rings. The van der Waals surface area contributed by atoms with E-state index in [4.69, 9.17) is 19.4 Å². The third kappa shape index (κ3) is 5.35. The minimum Gasteiger partial charge on any atom is -0.485 e. The van der Waals surface area contributed by atoms with Gasteiger partial charge in [0.2, 0.25) is 5.60 Å². The van der Waals surface area contributed by atoms with E-state index in [0.29, 0.717) is 36.0 Å². The van der Waals surface area contributed by atoms with Crippen LogP contribution in [0.3, 0.4) is 0 Å². The Labute approximate surface area is 196 Å². The molecular weight excluding hydrogens is 438 g/mol. The average molecular weight is 461 g/mol. The number of hydrogen-bond acceptors (Lipinski definition) is 6.